The molecule has 29 heavy (non-hydrogen) atoms. The molecule has 0 aliphatic carbocycles. The zero-order valence-electron chi connectivity index (χ0n) is 16.6. The van der Waals surface area contributed by atoms with E-state index in [1.165, 1.54) is 0 Å². The number of amides is 1. The van der Waals surface area contributed by atoms with Crippen molar-refractivity contribution in [3.63, 3.8) is 0 Å². The van der Waals surface area contributed by atoms with Crippen molar-refractivity contribution in [1.29, 1.82) is 0 Å². The molecule has 4 rings (SSSR count). The van der Waals surface area contributed by atoms with E-state index in [2.05, 4.69) is 20.4 Å². The highest BCUT2D eigenvalue weighted by Gasteiger charge is 2.21. The Hall–Kier alpha value is -3.06. The molecule has 0 unspecified atom stereocenters. The van der Waals surface area contributed by atoms with Gasteiger partial charge in [-0.25, -0.2) is 9.97 Å². The molecule has 2 aromatic heterocycles. The van der Waals surface area contributed by atoms with Crippen LogP contribution in [0, 0.1) is 19.8 Å². The Morgan fingerprint density at radius 1 is 1.17 bits per heavy atom. The lowest BCUT2D eigenvalue weighted by Gasteiger charge is -2.21. The van der Waals surface area contributed by atoms with Crippen molar-refractivity contribution < 1.29 is 14.1 Å². The summed E-state index contributed by atoms with van der Waals surface area (Å²) < 4.78 is 10.7. The molecule has 1 saturated heterocycles. The maximum absolute atomic E-state index is 12.3. The molecular formula is C22H24N4O3. The minimum atomic E-state index is 0.0555. The van der Waals surface area contributed by atoms with Gasteiger partial charge in [0.05, 0.1) is 17.0 Å². The molecule has 0 bridgehead atoms. The molecule has 1 amide bonds. The van der Waals surface area contributed by atoms with Crippen LogP contribution in [-0.2, 0) is 16.1 Å². The van der Waals surface area contributed by atoms with Gasteiger partial charge in [0, 0.05) is 43.5 Å². The number of hydrogen-bond acceptors (Lipinski definition) is 6. The number of aryl methyl sites for hydroxylation is 2. The van der Waals surface area contributed by atoms with Crippen molar-refractivity contribution in [2.45, 2.75) is 33.2 Å². The molecule has 7 nitrogen and oxygen atoms in total. The van der Waals surface area contributed by atoms with Crippen LogP contribution < -0.4 is 5.32 Å². The molecule has 1 fully saturated rings. The van der Waals surface area contributed by atoms with E-state index in [-0.39, 0.29) is 11.8 Å². The van der Waals surface area contributed by atoms with Gasteiger partial charge in [-0.1, -0.05) is 29.4 Å². The lowest BCUT2D eigenvalue weighted by atomic mass is 9.99. The van der Waals surface area contributed by atoms with Crippen molar-refractivity contribution in [3.8, 4) is 22.6 Å². The molecule has 3 heterocycles. The Kier molecular flexibility index (Phi) is 5.67. The van der Waals surface area contributed by atoms with Crippen LogP contribution in [0.5, 0.6) is 0 Å². The van der Waals surface area contributed by atoms with Crippen LogP contribution in [0.25, 0.3) is 22.6 Å². The minimum absolute atomic E-state index is 0.0555. The zero-order valence-corrected chi connectivity index (χ0v) is 16.6. The van der Waals surface area contributed by atoms with Gasteiger partial charge in [-0.3, -0.25) is 4.79 Å². The van der Waals surface area contributed by atoms with Gasteiger partial charge in [0.2, 0.25) is 5.91 Å². The number of nitrogens with one attached hydrogen (secondary N) is 1. The molecule has 0 atom stereocenters. The second-order valence-corrected chi connectivity index (χ2v) is 7.31. The number of carbonyl (C=O) groups excluding carboxylic acids is 1. The van der Waals surface area contributed by atoms with E-state index >= 15 is 0 Å². The van der Waals surface area contributed by atoms with Crippen LogP contribution in [0.2, 0.25) is 0 Å². The van der Waals surface area contributed by atoms with Crippen molar-refractivity contribution in [3.05, 3.63) is 53.6 Å². The van der Waals surface area contributed by atoms with Crippen LogP contribution in [0.1, 0.15) is 29.9 Å². The lowest BCUT2D eigenvalue weighted by Crippen LogP contribution is -2.33. The number of nitrogens with zero attached hydrogens (tertiary/aromatic N) is 3. The summed E-state index contributed by atoms with van der Waals surface area (Å²) in [6.07, 6.45) is 3.35. The summed E-state index contributed by atoms with van der Waals surface area (Å²) in [6.45, 7) is 5.58. The van der Waals surface area contributed by atoms with E-state index < -0.39 is 0 Å². The van der Waals surface area contributed by atoms with Gasteiger partial charge in [0.25, 0.3) is 0 Å². The SMILES string of the molecule is Cc1cc(-c2cnc(C)nc2-c2ccc(CNC(=O)C3CCOCC3)cc2)on1. The van der Waals surface area contributed by atoms with Gasteiger partial charge in [-0.05, 0) is 32.3 Å². The summed E-state index contributed by atoms with van der Waals surface area (Å²) in [6, 6.07) is 9.89. The molecule has 0 saturated carbocycles. The molecule has 150 valence electrons. The summed E-state index contributed by atoms with van der Waals surface area (Å²) in [5.41, 5.74) is 4.40. The van der Waals surface area contributed by atoms with E-state index in [1.807, 2.05) is 44.2 Å². The van der Waals surface area contributed by atoms with Gasteiger partial charge in [0.15, 0.2) is 5.76 Å². The number of benzene rings is 1. The van der Waals surface area contributed by atoms with Gasteiger partial charge in [0.1, 0.15) is 5.82 Å². The normalized spacial score (nSPS) is 14.7. The third kappa shape index (κ3) is 4.51. The van der Waals surface area contributed by atoms with Crippen LogP contribution in [0.4, 0.5) is 0 Å². The van der Waals surface area contributed by atoms with E-state index in [0.29, 0.717) is 31.3 Å². The highest BCUT2D eigenvalue weighted by atomic mass is 16.5. The molecule has 0 spiro atoms. The first-order valence-electron chi connectivity index (χ1n) is 9.82. The molecular weight excluding hydrogens is 368 g/mol. The van der Waals surface area contributed by atoms with Gasteiger partial charge < -0.3 is 14.6 Å². The number of rotatable bonds is 5. The maximum atomic E-state index is 12.3. The Morgan fingerprint density at radius 2 is 1.93 bits per heavy atom. The topological polar surface area (TPSA) is 90.1 Å². The summed E-state index contributed by atoms with van der Waals surface area (Å²) in [4.78, 5) is 21.2. The summed E-state index contributed by atoms with van der Waals surface area (Å²) >= 11 is 0. The third-order valence-electron chi connectivity index (χ3n) is 5.09. The standard InChI is InChI=1S/C22H24N4O3/c1-14-11-20(29-26-14)19-13-23-15(2)25-21(19)17-5-3-16(4-6-17)12-24-22(27)18-7-9-28-10-8-18/h3-6,11,13,18H,7-10,12H2,1-2H3,(H,24,27). The van der Waals surface area contributed by atoms with Crippen LogP contribution >= 0.6 is 0 Å². The number of hydrogen-bond donors (Lipinski definition) is 1. The first-order valence-corrected chi connectivity index (χ1v) is 9.82. The highest BCUT2D eigenvalue weighted by Crippen LogP contribution is 2.30. The molecule has 1 aliphatic rings. The predicted molar refractivity (Wildman–Crippen MR) is 108 cm³/mol. The highest BCUT2D eigenvalue weighted by molar-refractivity contribution is 5.79. The Bertz CT molecular complexity index is 992. The smallest absolute Gasteiger partial charge is 0.223 e. The van der Waals surface area contributed by atoms with Crippen molar-refractivity contribution in [2.24, 2.45) is 5.92 Å². The molecule has 1 aliphatic heterocycles. The Balaban J connectivity index is 1.49. The lowest BCUT2D eigenvalue weighted by molar-refractivity contribution is -0.128. The fraction of sp³-hybridized carbons (Fsp3) is 0.364. The molecule has 1 N–H and O–H groups in total. The van der Waals surface area contributed by atoms with Gasteiger partial charge in [-0.15, -0.1) is 0 Å². The van der Waals surface area contributed by atoms with E-state index in [1.54, 1.807) is 6.20 Å². The van der Waals surface area contributed by atoms with Crippen molar-refractivity contribution in [2.75, 3.05) is 13.2 Å². The average molecular weight is 392 g/mol. The fourth-order valence-electron chi connectivity index (χ4n) is 3.43. The molecule has 3 aromatic rings. The van der Waals surface area contributed by atoms with Crippen LogP contribution in [-0.4, -0.2) is 34.2 Å². The molecule has 1 aromatic carbocycles. The quantitative estimate of drug-likeness (QED) is 0.715. The average Bonchev–Trinajstić information content (AvgIpc) is 3.19. The Morgan fingerprint density at radius 3 is 2.62 bits per heavy atom. The monoisotopic (exact) mass is 392 g/mol. The minimum Gasteiger partial charge on any atom is -0.381 e. The molecule has 0 radical (unpaired) electrons. The summed E-state index contributed by atoms with van der Waals surface area (Å²) in [5.74, 6) is 1.49. The fourth-order valence-corrected chi connectivity index (χ4v) is 3.43. The van der Waals surface area contributed by atoms with Crippen LogP contribution in [0.15, 0.2) is 41.1 Å². The number of ether oxygens (including phenoxy) is 1. The zero-order chi connectivity index (χ0) is 20.2. The summed E-state index contributed by atoms with van der Waals surface area (Å²) in [7, 11) is 0. The van der Waals surface area contributed by atoms with E-state index in [4.69, 9.17) is 9.26 Å². The molecule has 7 heteroatoms. The first-order chi connectivity index (χ1) is 14.1. The van der Waals surface area contributed by atoms with Gasteiger partial charge in [-0.2, -0.15) is 0 Å². The van der Waals surface area contributed by atoms with E-state index in [9.17, 15) is 4.79 Å². The first kappa shape index (κ1) is 19.3. The van der Waals surface area contributed by atoms with Crippen molar-refractivity contribution in [1.82, 2.24) is 20.4 Å². The largest absolute Gasteiger partial charge is 0.381 e. The van der Waals surface area contributed by atoms with Crippen molar-refractivity contribution >= 4 is 5.91 Å². The van der Waals surface area contributed by atoms with Crippen LogP contribution in [0.3, 0.4) is 0 Å². The summed E-state index contributed by atoms with van der Waals surface area (Å²) in [5, 5.41) is 7.00. The number of aromatic nitrogens is 3. The predicted octanol–water partition coefficient (Wildman–Crippen LogP) is 3.46. The third-order valence-corrected chi connectivity index (χ3v) is 5.09. The van der Waals surface area contributed by atoms with E-state index in [0.717, 1.165) is 40.9 Å². The Labute approximate surface area is 169 Å². The maximum Gasteiger partial charge on any atom is 0.223 e. The second kappa shape index (κ2) is 8.53. The van der Waals surface area contributed by atoms with Gasteiger partial charge >= 0.3 is 0 Å². The second-order valence-electron chi connectivity index (χ2n) is 7.31. The number of carbonyl (C=O) groups is 1.